The van der Waals surface area contributed by atoms with Crippen molar-refractivity contribution in [2.24, 2.45) is 0 Å². The minimum absolute atomic E-state index is 0.113. The average Bonchev–Trinajstić information content (AvgIpc) is 3.32. The van der Waals surface area contributed by atoms with E-state index in [1.807, 2.05) is 0 Å². The molecule has 0 saturated carbocycles. The van der Waals surface area contributed by atoms with Crippen LogP contribution in [0, 0.1) is 11.6 Å². The van der Waals surface area contributed by atoms with E-state index in [1.54, 1.807) is 36.4 Å². The summed E-state index contributed by atoms with van der Waals surface area (Å²) >= 11 is 1.05. The predicted molar refractivity (Wildman–Crippen MR) is 159 cm³/mol. The quantitative estimate of drug-likeness (QED) is 0.224. The van der Waals surface area contributed by atoms with Gasteiger partial charge in [0.05, 0.1) is 17.1 Å². The van der Waals surface area contributed by atoms with Crippen molar-refractivity contribution in [3.8, 4) is 17.0 Å². The van der Waals surface area contributed by atoms with Gasteiger partial charge in [-0.2, -0.15) is 0 Å². The molecule has 1 amide bonds. The van der Waals surface area contributed by atoms with Gasteiger partial charge in [-0.25, -0.2) is 13.8 Å². The molecule has 4 N–H and O–H groups in total. The Morgan fingerprint density at radius 1 is 0.857 bits per heavy atom. The van der Waals surface area contributed by atoms with Crippen LogP contribution in [-0.4, -0.2) is 16.0 Å². The summed E-state index contributed by atoms with van der Waals surface area (Å²) in [7, 11) is 0. The summed E-state index contributed by atoms with van der Waals surface area (Å²) in [6, 6.07) is 12.9. The Labute approximate surface area is 243 Å². The summed E-state index contributed by atoms with van der Waals surface area (Å²) in [5.41, 5.74) is 36.8. The number of rotatable bonds is 3. The molecule has 0 radical (unpaired) electrons. The van der Waals surface area contributed by atoms with Crippen LogP contribution in [0.1, 0.15) is 9.67 Å². The molecule has 0 aliphatic rings. The number of anilines is 2. The monoisotopic (exact) mass is 569 g/mol. The van der Waals surface area contributed by atoms with E-state index in [1.165, 1.54) is 0 Å². The van der Waals surface area contributed by atoms with Crippen LogP contribution in [0.3, 0.4) is 0 Å². The Balaban J connectivity index is 0.000000295. The van der Waals surface area contributed by atoms with Gasteiger partial charge in [0.25, 0.3) is 5.91 Å². The summed E-state index contributed by atoms with van der Waals surface area (Å²) < 4.78 is 27.1. The van der Waals surface area contributed by atoms with Gasteiger partial charge in [-0.05, 0) is 107 Å². The van der Waals surface area contributed by atoms with Crippen molar-refractivity contribution in [3.05, 3.63) is 153 Å². The molecule has 5 nitrogen and oxygen atoms in total. The van der Waals surface area contributed by atoms with Crippen LogP contribution in [0.4, 0.5) is 20.2 Å². The molecule has 0 saturated heterocycles. The summed E-state index contributed by atoms with van der Waals surface area (Å²) in [6.07, 6.45) is 0. The van der Waals surface area contributed by atoms with Gasteiger partial charge in [0.1, 0.15) is 27.1 Å². The Bertz CT molecular complexity index is 2100. The minimum atomic E-state index is -0.751. The number of halogens is 2. The van der Waals surface area contributed by atoms with Gasteiger partial charge in [-0.1, -0.05) is 23.6 Å². The van der Waals surface area contributed by atoms with Crippen molar-refractivity contribution in [3.63, 3.8) is 0 Å². The molecule has 0 fully saturated rings. The lowest BCUT2D eigenvalue weighted by Crippen LogP contribution is -2.13. The van der Waals surface area contributed by atoms with Crippen molar-refractivity contribution in [1.82, 2.24) is 4.98 Å². The first-order valence-corrected chi connectivity index (χ1v) is 12.4. The second-order valence-electron chi connectivity index (χ2n) is 7.63. The molecule has 0 atom stereocenters. The highest BCUT2D eigenvalue weighted by atomic mass is 32.1. The maximum Gasteiger partial charge on any atom is 0.268 e. The largest absolute Gasteiger partial charge is 0.508 e. The van der Waals surface area contributed by atoms with Crippen LogP contribution in [-0.2, 0) is 0 Å². The van der Waals surface area contributed by atoms with Crippen molar-refractivity contribution < 1.29 is 18.7 Å². The molecule has 0 aliphatic heterocycles. The number of phenols is 1. The second-order valence-corrected chi connectivity index (χ2v) is 8.63. The lowest BCUT2D eigenvalue weighted by Gasteiger charge is -2.05. The SMILES string of the molecule is C=C=C=C=C=C=C=C=C=C=C=C=C=C.Nc1c(C(=O)Nc2cc(F)ccc2F)sc2nc(-c3cccc(O)c3)ccc12. The fourth-order valence-corrected chi connectivity index (χ4v) is 4.09. The zero-order valence-electron chi connectivity index (χ0n) is 21.7. The highest BCUT2D eigenvalue weighted by molar-refractivity contribution is 7.21. The first kappa shape index (κ1) is 30.1. The maximum absolute atomic E-state index is 13.8. The topological polar surface area (TPSA) is 88.2 Å². The van der Waals surface area contributed by atoms with Gasteiger partial charge in [0.2, 0.25) is 0 Å². The number of nitrogens with two attached hydrogens (primary N) is 1. The van der Waals surface area contributed by atoms with Gasteiger partial charge >= 0.3 is 0 Å². The van der Waals surface area contributed by atoms with E-state index in [9.17, 15) is 18.7 Å². The van der Waals surface area contributed by atoms with E-state index in [4.69, 9.17) is 5.73 Å². The fraction of sp³-hybridized carbons (Fsp3) is 0. The molecule has 2 aromatic carbocycles. The second kappa shape index (κ2) is 15.2. The van der Waals surface area contributed by atoms with Gasteiger partial charge in [0, 0.05) is 17.0 Å². The molecule has 200 valence electrons. The average molecular weight is 570 g/mol. The molecule has 0 unspecified atom stereocenters. The third kappa shape index (κ3) is 8.55. The predicted octanol–water partition coefficient (Wildman–Crippen LogP) is 7.45. The molecular formula is C34H17F2N3O2S. The summed E-state index contributed by atoms with van der Waals surface area (Å²) in [5, 5.41) is 12.6. The third-order valence-electron chi connectivity index (χ3n) is 4.86. The smallest absolute Gasteiger partial charge is 0.268 e. The van der Waals surface area contributed by atoms with Crippen LogP contribution in [0.2, 0.25) is 0 Å². The number of carbonyl (C=O) groups excluding carboxylic acids is 1. The number of fused-ring (bicyclic) bond motifs is 1. The molecule has 4 aromatic rings. The lowest BCUT2D eigenvalue weighted by molar-refractivity contribution is 0.103. The summed E-state index contributed by atoms with van der Waals surface area (Å²) in [4.78, 5) is 17.7. The molecule has 0 aliphatic carbocycles. The van der Waals surface area contributed by atoms with E-state index >= 15 is 0 Å². The van der Waals surface area contributed by atoms with E-state index in [0.717, 1.165) is 29.5 Å². The third-order valence-corrected chi connectivity index (χ3v) is 5.97. The van der Waals surface area contributed by atoms with Crippen LogP contribution >= 0.6 is 11.3 Å². The van der Waals surface area contributed by atoms with E-state index in [0.29, 0.717) is 21.5 Å². The number of nitrogen functional groups attached to an aromatic ring is 1. The molecule has 2 heterocycles. The molecule has 2 aromatic heterocycles. The maximum atomic E-state index is 13.8. The number of aromatic hydroxyl groups is 1. The minimum Gasteiger partial charge on any atom is -0.508 e. The Hall–Kier alpha value is -6.42. The van der Waals surface area contributed by atoms with E-state index < -0.39 is 17.5 Å². The summed E-state index contributed by atoms with van der Waals surface area (Å²) in [6.45, 7) is 6.57. The highest BCUT2D eigenvalue weighted by Gasteiger charge is 2.19. The van der Waals surface area contributed by atoms with Gasteiger partial charge < -0.3 is 16.2 Å². The van der Waals surface area contributed by atoms with Crippen molar-refractivity contribution >= 4 is 38.8 Å². The van der Waals surface area contributed by atoms with Crippen LogP contribution in [0.15, 0.2) is 137 Å². The zero-order valence-corrected chi connectivity index (χ0v) is 22.5. The number of thiophene rings is 1. The molecule has 4 rings (SSSR count). The molecule has 8 heteroatoms. The van der Waals surface area contributed by atoms with Crippen LogP contribution in [0.25, 0.3) is 21.5 Å². The Morgan fingerprint density at radius 3 is 2.07 bits per heavy atom. The van der Waals surface area contributed by atoms with Gasteiger partial charge in [-0.15, -0.1) is 11.3 Å². The van der Waals surface area contributed by atoms with Gasteiger partial charge in [-0.3, -0.25) is 4.79 Å². The number of nitrogens with one attached hydrogen (secondary N) is 1. The molecular weight excluding hydrogens is 552 g/mol. The van der Waals surface area contributed by atoms with Crippen LogP contribution in [0.5, 0.6) is 5.75 Å². The number of benzene rings is 2. The van der Waals surface area contributed by atoms with Crippen molar-refractivity contribution in [1.29, 1.82) is 0 Å². The highest BCUT2D eigenvalue weighted by Crippen LogP contribution is 2.35. The number of aromatic nitrogens is 1. The number of nitrogens with zero attached hydrogens (tertiary/aromatic N) is 1. The fourth-order valence-electron chi connectivity index (χ4n) is 3.10. The van der Waals surface area contributed by atoms with E-state index in [2.05, 4.69) is 92.2 Å². The van der Waals surface area contributed by atoms with Crippen LogP contribution < -0.4 is 11.1 Å². The van der Waals surface area contributed by atoms with Crippen molar-refractivity contribution in [2.45, 2.75) is 0 Å². The number of hydrogen-bond acceptors (Lipinski definition) is 5. The standard InChI is InChI=1S/C20H13F2N3O2S.C14H4/c21-11-4-6-14(22)16(9-11)24-19(27)18-17(23)13-5-7-15(25-20(13)28-18)10-2-1-3-12(26)8-10;1-3-5-7-9-11-13-14-12-10-8-6-4-2/h1-9,26H,23H2,(H,24,27);1-2H2. The first-order valence-electron chi connectivity index (χ1n) is 11.6. The number of phenolic OH excluding ortho intramolecular Hbond substituents is 1. The number of amides is 1. The molecule has 42 heavy (non-hydrogen) atoms. The Morgan fingerprint density at radius 2 is 1.48 bits per heavy atom. The summed E-state index contributed by atoms with van der Waals surface area (Å²) in [5.74, 6) is -1.96. The molecule has 0 spiro atoms. The number of hydrogen-bond donors (Lipinski definition) is 3. The van der Waals surface area contributed by atoms with Crippen molar-refractivity contribution in [2.75, 3.05) is 11.1 Å². The first-order chi connectivity index (χ1) is 20.3. The number of pyridine rings is 1. The Kier molecular flexibility index (Phi) is 10.9. The lowest BCUT2D eigenvalue weighted by atomic mass is 10.1. The normalized spacial score (nSPS) is 8.52. The van der Waals surface area contributed by atoms with Gasteiger partial charge in [0.15, 0.2) is 0 Å². The van der Waals surface area contributed by atoms with E-state index in [-0.39, 0.29) is 22.0 Å². The number of carbonyl (C=O) groups is 1. The zero-order chi connectivity index (χ0) is 30.3. The molecule has 0 bridgehead atoms.